The summed E-state index contributed by atoms with van der Waals surface area (Å²) >= 11 is 0. The van der Waals surface area contributed by atoms with Crippen molar-refractivity contribution in [2.24, 2.45) is 0 Å². The van der Waals surface area contributed by atoms with Gasteiger partial charge < -0.3 is 24.3 Å². The van der Waals surface area contributed by atoms with Gasteiger partial charge in [0.1, 0.15) is 18.1 Å². The van der Waals surface area contributed by atoms with E-state index in [1.54, 1.807) is 42.5 Å². The molecule has 4 aromatic rings. The molecule has 1 N–H and O–H groups in total. The average Bonchev–Trinajstić information content (AvgIpc) is 3.80. The summed E-state index contributed by atoms with van der Waals surface area (Å²) in [5.41, 5.74) is 2.54. The predicted molar refractivity (Wildman–Crippen MR) is 150 cm³/mol. The van der Waals surface area contributed by atoms with Crippen molar-refractivity contribution >= 4 is 34.5 Å². The van der Waals surface area contributed by atoms with Gasteiger partial charge in [-0.05, 0) is 54.8 Å². The van der Waals surface area contributed by atoms with Crippen LogP contribution in [-0.4, -0.2) is 65.9 Å². The normalized spacial score (nSPS) is 16.3. The largest absolute Gasteiger partial charge is 0.465 e. The zero-order valence-electron chi connectivity index (χ0n) is 22.9. The number of nitrogens with zero attached hydrogens (tertiary/aromatic N) is 4. The van der Waals surface area contributed by atoms with Crippen molar-refractivity contribution in [3.05, 3.63) is 77.9 Å². The molecule has 216 valence electrons. The Morgan fingerprint density at radius 3 is 2.67 bits per heavy atom. The first-order chi connectivity index (χ1) is 20.5. The van der Waals surface area contributed by atoms with Crippen LogP contribution in [0.3, 0.4) is 0 Å². The van der Waals surface area contributed by atoms with Crippen LogP contribution in [0.4, 0.5) is 5.69 Å². The minimum Gasteiger partial charge on any atom is -0.465 e. The van der Waals surface area contributed by atoms with Gasteiger partial charge in [-0.2, -0.15) is 0 Å². The summed E-state index contributed by atoms with van der Waals surface area (Å²) in [5.74, 6) is -0.349. The number of hydrogen-bond acceptors (Lipinski definition) is 9. The number of fused-ring (bicyclic) bond motifs is 2. The van der Waals surface area contributed by atoms with Gasteiger partial charge in [-0.15, -0.1) is 5.10 Å². The highest BCUT2D eigenvalue weighted by atomic mass is 16.7. The summed E-state index contributed by atoms with van der Waals surface area (Å²) in [6.45, 7) is 0.807. The Bertz CT molecular complexity index is 1610. The van der Waals surface area contributed by atoms with Crippen LogP contribution in [0, 0.1) is 0 Å². The number of aromatic nitrogens is 3. The first-order valence-corrected chi connectivity index (χ1v) is 13.6. The van der Waals surface area contributed by atoms with Gasteiger partial charge in [-0.3, -0.25) is 14.5 Å². The van der Waals surface area contributed by atoms with Crippen molar-refractivity contribution in [3.8, 4) is 11.5 Å². The first kappa shape index (κ1) is 27.2. The monoisotopic (exact) mass is 571 g/mol. The molecule has 2 amide bonds. The Kier molecular flexibility index (Phi) is 7.69. The van der Waals surface area contributed by atoms with Crippen molar-refractivity contribution in [1.29, 1.82) is 0 Å². The number of anilines is 1. The fourth-order valence-corrected chi connectivity index (χ4v) is 5.16. The Balaban J connectivity index is 1.41. The lowest BCUT2D eigenvalue weighted by molar-refractivity contribution is -0.127. The number of carbonyl (C=O) groups excluding carboxylic acids is 3. The van der Waals surface area contributed by atoms with E-state index in [4.69, 9.17) is 18.9 Å². The van der Waals surface area contributed by atoms with Gasteiger partial charge in [0, 0.05) is 24.9 Å². The van der Waals surface area contributed by atoms with Crippen LogP contribution in [0.5, 0.6) is 11.5 Å². The quantitative estimate of drug-likeness (QED) is 0.301. The number of rotatable bonds is 9. The molecule has 0 bridgehead atoms. The number of ether oxygens (including phenoxy) is 4. The van der Waals surface area contributed by atoms with Gasteiger partial charge in [0.05, 0.1) is 24.3 Å². The SMILES string of the molecule is COC(=O)c1ccc([C@H](C(=O)NC[C@@H]2CCCO2)N(C(=O)Cn2nnc3ccccc32)c2ccc3c(c2)OCO3)cc1. The van der Waals surface area contributed by atoms with E-state index < -0.39 is 23.8 Å². The lowest BCUT2D eigenvalue weighted by Crippen LogP contribution is -2.46. The van der Waals surface area contributed by atoms with Crippen molar-refractivity contribution in [2.45, 2.75) is 31.5 Å². The number of para-hydroxylation sites is 1. The summed E-state index contributed by atoms with van der Waals surface area (Å²) in [5, 5.41) is 11.3. The first-order valence-electron chi connectivity index (χ1n) is 13.6. The molecule has 12 nitrogen and oxygen atoms in total. The van der Waals surface area contributed by atoms with Crippen LogP contribution in [0.25, 0.3) is 11.0 Å². The van der Waals surface area contributed by atoms with Gasteiger partial charge in [0.2, 0.25) is 18.6 Å². The van der Waals surface area contributed by atoms with E-state index in [2.05, 4.69) is 15.6 Å². The molecule has 0 spiro atoms. The molecule has 42 heavy (non-hydrogen) atoms. The van der Waals surface area contributed by atoms with Crippen LogP contribution >= 0.6 is 0 Å². The lowest BCUT2D eigenvalue weighted by Gasteiger charge is -2.32. The Morgan fingerprint density at radius 1 is 1.07 bits per heavy atom. The van der Waals surface area contributed by atoms with Crippen LogP contribution in [-0.2, 0) is 25.6 Å². The molecular weight excluding hydrogens is 542 g/mol. The highest BCUT2D eigenvalue weighted by molar-refractivity contribution is 6.02. The summed E-state index contributed by atoms with van der Waals surface area (Å²) in [6, 6.07) is 17.7. The van der Waals surface area contributed by atoms with Crippen molar-refractivity contribution in [2.75, 3.05) is 32.0 Å². The minimum absolute atomic E-state index is 0.0535. The molecular formula is C30H29N5O7. The van der Waals surface area contributed by atoms with Gasteiger partial charge in [-0.1, -0.05) is 29.5 Å². The van der Waals surface area contributed by atoms with E-state index in [1.807, 2.05) is 24.3 Å². The molecule has 1 aromatic heterocycles. The third-order valence-corrected chi connectivity index (χ3v) is 7.29. The maximum Gasteiger partial charge on any atom is 0.337 e. The molecule has 6 rings (SSSR count). The van der Waals surface area contributed by atoms with E-state index >= 15 is 0 Å². The summed E-state index contributed by atoms with van der Waals surface area (Å²) in [6.07, 6.45) is 1.66. The zero-order valence-corrected chi connectivity index (χ0v) is 22.9. The molecule has 0 aliphatic carbocycles. The second kappa shape index (κ2) is 11.9. The molecule has 2 atom stereocenters. The molecule has 0 radical (unpaired) electrons. The molecule has 0 unspecified atom stereocenters. The second-order valence-electron chi connectivity index (χ2n) is 9.93. The third kappa shape index (κ3) is 5.48. The summed E-state index contributed by atoms with van der Waals surface area (Å²) in [7, 11) is 1.30. The molecule has 3 heterocycles. The van der Waals surface area contributed by atoms with Gasteiger partial charge in [0.25, 0.3) is 0 Å². The van der Waals surface area contributed by atoms with Crippen molar-refractivity contribution in [1.82, 2.24) is 20.3 Å². The molecule has 2 aliphatic heterocycles. The Labute approximate surface area is 241 Å². The minimum atomic E-state index is -1.11. The highest BCUT2D eigenvalue weighted by Crippen LogP contribution is 2.38. The van der Waals surface area contributed by atoms with Gasteiger partial charge in [0.15, 0.2) is 11.5 Å². The second-order valence-corrected chi connectivity index (χ2v) is 9.93. The number of hydrogen-bond donors (Lipinski definition) is 1. The van der Waals surface area contributed by atoms with Crippen LogP contribution < -0.4 is 19.7 Å². The number of amides is 2. The maximum absolute atomic E-state index is 14.2. The third-order valence-electron chi connectivity index (χ3n) is 7.29. The highest BCUT2D eigenvalue weighted by Gasteiger charge is 2.35. The number of nitrogens with one attached hydrogen (secondary N) is 1. The fourth-order valence-electron chi connectivity index (χ4n) is 5.16. The van der Waals surface area contributed by atoms with Gasteiger partial charge in [-0.25, -0.2) is 9.48 Å². The van der Waals surface area contributed by atoms with Crippen molar-refractivity contribution in [3.63, 3.8) is 0 Å². The average molecular weight is 572 g/mol. The van der Waals surface area contributed by atoms with Gasteiger partial charge >= 0.3 is 5.97 Å². The molecule has 1 fully saturated rings. The fraction of sp³-hybridized carbons (Fsp3) is 0.300. The molecule has 2 aliphatic rings. The lowest BCUT2D eigenvalue weighted by atomic mass is 10.0. The topological polar surface area (TPSA) is 134 Å². The predicted octanol–water partition coefficient (Wildman–Crippen LogP) is 3.02. The number of methoxy groups -OCH3 is 1. The van der Waals surface area contributed by atoms with Crippen LogP contribution in [0.1, 0.15) is 34.8 Å². The van der Waals surface area contributed by atoms with E-state index in [9.17, 15) is 14.4 Å². The van der Waals surface area contributed by atoms with E-state index in [0.29, 0.717) is 52.5 Å². The molecule has 12 heteroatoms. The number of esters is 1. The van der Waals surface area contributed by atoms with Crippen LogP contribution in [0.15, 0.2) is 66.7 Å². The van der Waals surface area contributed by atoms with E-state index in [-0.39, 0.29) is 19.4 Å². The summed E-state index contributed by atoms with van der Waals surface area (Å²) in [4.78, 5) is 41.8. The Morgan fingerprint density at radius 2 is 1.88 bits per heavy atom. The zero-order chi connectivity index (χ0) is 29.1. The number of benzene rings is 3. The molecule has 0 saturated carbocycles. The smallest absolute Gasteiger partial charge is 0.337 e. The standard InChI is InChI=1S/C30H29N5O7/c1-39-30(38)20-10-8-19(9-11-20)28(29(37)31-16-22-5-4-14-40-22)35(21-12-13-25-26(15-21)42-18-41-25)27(36)17-34-24-7-3-2-6-23(24)32-33-34/h2-3,6-13,15,22,28H,4-5,14,16-18H2,1H3,(H,31,37)/t22-,28+/m0/s1. The van der Waals surface area contributed by atoms with E-state index in [0.717, 1.165) is 12.8 Å². The number of carbonyl (C=O) groups is 3. The summed E-state index contributed by atoms with van der Waals surface area (Å²) < 4.78 is 23.1. The molecule has 3 aromatic carbocycles. The van der Waals surface area contributed by atoms with E-state index in [1.165, 1.54) is 16.7 Å². The van der Waals surface area contributed by atoms with Crippen LogP contribution in [0.2, 0.25) is 0 Å². The molecule has 1 saturated heterocycles. The Hall–Kier alpha value is -4.97. The van der Waals surface area contributed by atoms with Crippen molar-refractivity contribution < 1.29 is 33.3 Å². The maximum atomic E-state index is 14.2.